The Morgan fingerprint density at radius 3 is 2.50 bits per heavy atom. The molecule has 1 heterocycles. The van der Waals surface area contributed by atoms with Crippen molar-refractivity contribution >= 4 is 17.2 Å². The minimum Gasteiger partial charge on any atom is -0.370 e. The fourth-order valence-corrected chi connectivity index (χ4v) is 2.31. The number of carbonyl (C=O) groups is 1. The third-order valence-electron chi connectivity index (χ3n) is 2.58. The van der Waals surface area contributed by atoms with E-state index >= 15 is 0 Å². The van der Waals surface area contributed by atoms with Gasteiger partial charge in [0.15, 0.2) is 0 Å². The second-order valence-electron chi connectivity index (χ2n) is 4.06. The predicted octanol–water partition coefficient (Wildman–Crippen LogP) is 2.90. The number of rotatable bonds is 9. The van der Waals surface area contributed by atoms with E-state index in [1.807, 2.05) is 11.7 Å². The topological polar surface area (TPSA) is 56.0 Å². The Bertz CT molecular complexity index is 285. The van der Waals surface area contributed by atoms with Gasteiger partial charge in [0.05, 0.1) is 5.51 Å². The average molecular weight is 240 g/mol. The standard InChI is InChI=1S/C12H20N2OS/c13-12(15)8-6-4-2-1-3-5-7-11-9-14-10-16-11/h9-10H,1-8H2,(H2,13,15). The smallest absolute Gasteiger partial charge is 0.217 e. The second kappa shape index (κ2) is 8.28. The fraction of sp³-hybridized carbons (Fsp3) is 0.667. The summed E-state index contributed by atoms with van der Waals surface area (Å²) in [5, 5.41) is 0. The molecular weight excluding hydrogens is 220 g/mol. The molecule has 0 bridgehead atoms. The summed E-state index contributed by atoms with van der Waals surface area (Å²) in [5.41, 5.74) is 6.95. The highest BCUT2D eigenvalue weighted by atomic mass is 32.1. The Kier molecular flexibility index (Phi) is 6.81. The van der Waals surface area contributed by atoms with Crippen molar-refractivity contribution in [1.82, 2.24) is 4.98 Å². The Morgan fingerprint density at radius 2 is 1.88 bits per heavy atom. The largest absolute Gasteiger partial charge is 0.370 e. The maximum Gasteiger partial charge on any atom is 0.217 e. The highest BCUT2D eigenvalue weighted by Gasteiger charge is 1.96. The Hall–Kier alpha value is -0.900. The molecule has 1 amide bonds. The lowest BCUT2D eigenvalue weighted by Gasteiger charge is -2.00. The van der Waals surface area contributed by atoms with E-state index in [-0.39, 0.29) is 5.91 Å². The number of hydrogen-bond acceptors (Lipinski definition) is 3. The summed E-state index contributed by atoms with van der Waals surface area (Å²) in [6.07, 6.45) is 10.7. The molecule has 0 aliphatic heterocycles. The van der Waals surface area contributed by atoms with Crippen LogP contribution >= 0.6 is 11.3 Å². The van der Waals surface area contributed by atoms with E-state index in [0.717, 1.165) is 19.3 Å². The first-order valence-electron chi connectivity index (χ1n) is 5.94. The summed E-state index contributed by atoms with van der Waals surface area (Å²) >= 11 is 1.74. The molecule has 1 aromatic rings. The number of hydrogen-bond donors (Lipinski definition) is 1. The van der Waals surface area contributed by atoms with E-state index in [9.17, 15) is 4.79 Å². The van der Waals surface area contributed by atoms with Gasteiger partial charge in [0.1, 0.15) is 0 Å². The number of unbranched alkanes of at least 4 members (excludes halogenated alkanes) is 5. The second-order valence-corrected chi connectivity index (χ2v) is 5.03. The molecule has 0 aromatic carbocycles. The Labute approximate surface area is 101 Å². The van der Waals surface area contributed by atoms with Crippen LogP contribution in [0.1, 0.15) is 49.8 Å². The van der Waals surface area contributed by atoms with Crippen molar-refractivity contribution in [3.05, 3.63) is 16.6 Å². The Morgan fingerprint density at radius 1 is 1.19 bits per heavy atom. The van der Waals surface area contributed by atoms with Crippen LogP contribution in [0, 0.1) is 0 Å². The van der Waals surface area contributed by atoms with E-state index < -0.39 is 0 Å². The molecule has 0 atom stereocenters. The van der Waals surface area contributed by atoms with Crippen molar-refractivity contribution in [3.8, 4) is 0 Å². The molecular formula is C12H20N2OS. The van der Waals surface area contributed by atoms with E-state index in [2.05, 4.69) is 4.98 Å². The van der Waals surface area contributed by atoms with Crippen molar-refractivity contribution in [3.63, 3.8) is 0 Å². The molecule has 90 valence electrons. The SMILES string of the molecule is NC(=O)CCCCCCCCc1cncs1. The zero-order valence-corrected chi connectivity index (χ0v) is 10.5. The van der Waals surface area contributed by atoms with Crippen LogP contribution < -0.4 is 5.73 Å². The molecule has 4 heteroatoms. The molecule has 1 rings (SSSR count). The predicted molar refractivity (Wildman–Crippen MR) is 67.3 cm³/mol. The molecule has 16 heavy (non-hydrogen) atoms. The van der Waals surface area contributed by atoms with Crippen LogP contribution in [-0.4, -0.2) is 10.9 Å². The van der Waals surface area contributed by atoms with Crippen LogP contribution in [0.2, 0.25) is 0 Å². The number of primary amides is 1. The summed E-state index contributed by atoms with van der Waals surface area (Å²) in [4.78, 5) is 15.9. The zero-order chi connectivity index (χ0) is 11.6. The maximum atomic E-state index is 10.5. The Balaban J connectivity index is 1.83. The van der Waals surface area contributed by atoms with E-state index in [1.165, 1.54) is 30.6 Å². The summed E-state index contributed by atoms with van der Waals surface area (Å²) < 4.78 is 0. The number of carbonyl (C=O) groups excluding carboxylic acids is 1. The van der Waals surface area contributed by atoms with Crippen molar-refractivity contribution in [1.29, 1.82) is 0 Å². The number of nitrogens with two attached hydrogens (primary N) is 1. The van der Waals surface area contributed by atoms with Gasteiger partial charge in [-0.2, -0.15) is 0 Å². The highest BCUT2D eigenvalue weighted by molar-refractivity contribution is 7.09. The van der Waals surface area contributed by atoms with Crippen LogP contribution in [0.25, 0.3) is 0 Å². The molecule has 3 nitrogen and oxygen atoms in total. The highest BCUT2D eigenvalue weighted by Crippen LogP contribution is 2.12. The first-order valence-corrected chi connectivity index (χ1v) is 6.82. The summed E-state index contributed by atoms with van der Waals surface area (Å²) in [5.74, 6) is -0.176. The van der Waals surface area contributed by atoms with Gasteiger partial charge in [-0.25, -0.2) is 0 Å². The van der Waals surface area contributed by atoms with Gasteiger partial charge in [0.2, 0.25) is 5.91 Å². The molecule has 0 spiro atoms. The van der Waals surface area contributed by atoms with Gasteiger partial charge < -0.3 is 5.73 Å². The molecule has 0 aliphatic carbocycles. The zero-order valence-electron chi connectivity index (χ0n) is 9.65. The fourth-order valence-electron chi connectivity index (χ4n) is 1.67. The first-order chi connectivity index (χ1) is 7.79. The van der Waals surface area contributed by atoms with Crippen LogP contribution in [0.4, 0.5) is 0 Å². The van der Waals surface area contributed by atoms with Crippen molar-refractivity contribution in [2.24, 2.45) is 5.73 Å². The quantitative estimate of drug-likeness (QED) is 0.675. The average Bonchev–Trinajstić information content (AvgIpc) is 2.74. The monoisotopic (exact) mass is 240 g/mol. The van der Waals surface area contributed by atoms with Gasteiger partial charge in [0, 0.05) is 17.5 Å². The van der Waals surface area contributed by atoms with Gasteiger partial charge in [-0.1, -0.05) is 25.7 Å². The first kappa shape index (κ1) is 13.2. The molecule has 0 saturated carbocycles. The lowest BCUT2D eigenvalue weighted by molar-refractivity contribution is -0.118. The van der Waals surface area contributed by atoms with Gasteiger partial charge >= 0.3 is 0 Å². The lowest BCUT2D eigenvalue weighted by atomic mass is 10.1. The van der Waals surface area contributed by atoms with Crippen molar-refractivity contribution in [2.75, 3.05) is 0 Å². The number of thiazole rings is 1. The molecule has 0 aliphatic rings. The van der Waals surface area contributed by atoms with E-state index in [4.69, 9.17) is 5.73 Å². The molecule has 2 N–H and O–H groups in total. The van der Waals surface area contributed by atoms with Crippen molar-refractivity contribution < 1.29 is 4.79 Å². The molecule has 0 unspecified atom stereocenters. The third-order valence-corrected chi connectivity index (χ3v) is 3.42. The molecule has 1 aromatic heterocycles. The third kappa shape index (κ3) is 6.56. The normalized spacial score (nSPS) is 10.5. The van der Waals surface area contributed by atoms with Gasteiger partial charge in [-0.15, -0.1) is 11.3 Å². The van der Waals surface area contributed by atoms with E-state index in [0.29, 0.717) is 6.42 Å². The number of aryl methyl sites for hydroxylation is 1. The van der Waals surface area contributed by atoms with Crippen molar-refractivity contribution in [2.45, 2.75) is 51.4 Å². The van der Waals surface area contributed by atoms with Crippen LogP contribution in [0.15, 0.2) is 11.7 Å². The van der Waals surface area contributed by atoms with Crippen LogP contribution in [0.3, 0.4) is 0 Å². The maximum absolute atomic E-state index is 10.5. The molecule has 0 fully saturated rings. The van der Waals surface area contributed by atoms with E-state index in [1.54, 1.807) is 11.3 Å². The molecule has 0 saturated heterocycles. The number of nitrogens with zero attached hydrogens (tertiary/aromatic N) is 1. The minimum atomic E-state index is -0.176. The summed E-state index contributed by atoms with van der Waals surface area (Å²) in [7, 11) is 0. The van der Waals surface area contributed by atoms with Gasteiger partial charge in [0.25, 0.3) is 0 Å². The van der Waals surface area contributed by atoms with Gasteiger partial charge in [-0.05, 0) is 19.3 Å². The minimum absolute atomic E-state index is 0.176. The number of aromatic nitrogens is 1. The summed E-state index contributed by atoms with van der Waals surface area (Å²) in [6.45, 7) is 0. The molecule has 0 radical (unpaired) electrons. The number of amides is 1. The van der Waals surface area contributed by atoms with Gasteiger partial charge in [-0.3, -0.25) is 9.78 Å². The van der Waals surface area contributed by atoms with Crippen LogP contribution in [-0.2, 0) is 11.2 Å². The lowest BCUT2D eigenvalue weighted by Crippen LogP contribution is -2.09. The van der Waals surface area contributed by atoms with Crippen LogP contribution in [0.5, 0.6) is 0 Å². The summed E-state index contributed by atoms with van der Waals surface area (Å²) in [6, 6.07) is 0.